The van der Waals surface area contributed by atoms with Crippen molar-refractivity contribution in [3.8, 4) is 6.07 Å². The van der Waals surface area contributed by atoms with E-state index < -0.39 is 11.7 Å². The van der Waals surface area contributed by atoms with Gasteiger partial charge in [-0.05, 0) is 49.7 Å². The Kier molecular flexibility index (Phi) is 5.28. The minimum Gasteiger partial charge on any atom is -0.352 e. The molecule has 0 saturated heterocycles. The van der Waals surface area contributed by atoms with Gasteiger partial charge in [0.15, 0.2) is 0 Å². The van der Waals surface area contributed by atoms with Gasteiger partial charge in [0.1, 0.15) is 5.82 Å². The molecule has 2 rings (SSSR count). The Morgan fingerprint density at radius 2 is 2.04 bits per heavy atom. The van der Waals surface area contributed by atoms with Crippen LogP contribution in [0.25, 0.3) is 0 Å². The van der Waals surface area contributed by atoms with Crippen LogP contribution in [0.1, 0.15) is 28.4 Å². The number of anilines is 2. The second-order valence-corrected chi connectivity index (χ2v) is 4.84. The molecule has 0 saturated carbocycles. The number of benzene rings is 2. The third kappa shape index (κ3) is 4.05. The van der Waals surface area contributed by atoms with Gasteiger partial charge in [0, 0.05) is 0 Å². The van der Waals surface area contributed by atoms with E-state index in [-0.39, 0.29) is 11.3 Å². The van der Waals surface area contributed by atoms with Crippen molar-refractivity contribution in [1.82, 2.24) is 5.48 Å². The zero-order valence-corrected chi connectivity index (χ0v) is 12.8. The summed E-state index contributed by atoms with van der Waals surface area (Å²) >= 11 is 0. The van der Waals surface area contributed by atoms with E-state index in [0.29, 0.717) is 17.9 Å². The first-order chi connectivity index (χ1) is 11.0. The topological polar surface area (TPSA) is 74.1 Å². The van der Waals surface area contributed by atoms with E-state index in [0.717, 1.165) is 5.56 Å². The second kappa shape index (κ2) is 7.38. The van der Waals surface area contributed by atoms with Crippen LogP contribution in [0.2, 0.25) is 0 Å². The zero-order valence-electron chi connectivity index (χ0n) is 12.8. The van der Waals surface area contributed by atoms with Crippen LogP contribution < -0.4 is 10.8 Å². The molecule has 2 N–H and O–H groups in total. The van der Waals surface area contributed by atoms with E-state index in [1.165, 1.54) is 24.3 Å². The fourth-order valence-corrected chi connectivity index (χ4v) is 1.97. The highest BCUT2D eigenvalue weighted by molar-refractivity contribution is 6.00. The van der Waals surface area contributed by atoms with Crippen molar-refractivity contribution in [2.24, 2.45) is 0 Å². The van der Waals surface area contributed by atoms with Gasteiger partial charge in [-0.3, -0.25) is 9.63 Å². The zero-order chi connectivity index (χ0) is 16.8. The van der Waals surface area contributed by atoms with Gasteiger partial charge < -0.3 is 5.32 Å². The predicted molar refractivity (Wildman–Crippen MR) is 84.7 cm³/mol. The lowest BCUT2D eigenvalue weighted by molar-refractivity contribution is 0.0365. The summed E-state index contributed by atoms with van der Waals surface area (Å²) in [4.78, 5) is 17.0. The number of rotatable bonds is 5. The lowest BCUT2D eigenvalue weighted by Gasteiger charge is -2.13. The van der Waals surface area contributed by atoms with Crippen molar-refractivity contribution >= 4 is 17.3 Å². The summed E-state index contributed by atoms with van der Waals surface area (Å²) in [7, 11) is 0. The lowest BCUT2D eigenvalue weighted by Crippen LogP contribution is -2.24. The maximum absolute atomic E-state index is 14.0. The molecular weight excluding hydrogens is 297 g/mol. The molecular formula is C17H16FN3O2. The van der Waals surface area contributed by atoms with Gasteiger partial charge >= 0.3 is 0 Å². The number of aryl methyl sites for hydroxylation is 1. The fourth-order valence-electron chi connectivity index (χ4n) is 1.97. The molecule has 2 aromatic carbocycles. The van der Waals surface area contributed by atoms with E-state index in [1.54, 1.807) is 26.0 Å². The standard InChI is InChI=1S/C17H16FN3O2/c1-3-23-21-17(22)13-6-5-12(10-19)9-16(13)20-15-7-4-11(2)8-14(15)18/h4-9,20H,3H2,1-2H3,(H,21,22). The number of carbonyl (C=O) groups is 1. The molecule has 5 nitrogen and oxygen atoms in total. The van der Waals surface area contributed by atoms with Crippen LogP contribution in [-0.2, 0) is 4.84 Å². The van der Waals surface area contributed by atoms with Crippen LogP contribution in [0, 0.1) is 24.1 Å². The lowest BCUT2D eigenvalue weighted by atomic mass is 10.1. The van der Waals surface area contributed by atoms with Gasteiger partial charge in [-0.25, -0.2) is 9.87 Å². The molecule has 0 aliphatic rings. The average molecular weight is 313 g/mol. The molecule has 0 radical (unpaired) electrons. The monoisotopic (exact) mass is 313 g/mol. The number of nitrogens with zero attached hydrogens (tertiary/aromatic N) is 1. The number of hydrogen-bond acceptors (Lipinski definition) is 4. The molecule has 0 heterocycles. The predicted octanol–water partition coefficient (Wildman–Crippen LogP) is 3.43. The van der Waals surface area contributed by atoms with Gasteiger partial charge in [-0.1, -0.05) is 6.07 Å². The van der Waals surface area contributed by atoms with E-state index in [1.807, 2.05) is 6.07 Å². The first-order valence-electron chi connectivity index (χ1n) is 7.04. The molecule has 23 heavy (non-hydrogen) atoms. The minimum atomic E-state index is -0.480. The summed E-state index contributed by atoms with van der Waals surface area (Å²) in [5.74, 6) is -0.921. The molecule has 0 bridgehead atoms. The van der Waals surface area contributed by atoms with Gasteiger partial charge in [-0.15, -0.1) is 0 Å². The highest BCUT2D eigenvalue weighted by atomic mass is 19.1. The van der Waals surface area contributed by atoms with Crippen molar-refractivity contribution < 1.29 is 14.0 Å². The normalized spacial score (nSPS) is 10.0. The van der Waals surface area contributed by atoms with Crippen LogP contribution >= 0.6 is 0 Å². The Morgan fingerprint density at radius 3 is 2.70 bits per heavy atom. The van der Waals surface area contributed by atoms with Gasteiger partial charge in [0.25, 0.3) is 5.91 Å². The van der Waals surface area contributed by atoms with Crippen molar-refractivity contribution in [2.75, 3.05) is 11.9 Å². The highest BCUT2D eigenvalue weighted by Crippen LogP contribution is 2.25. The SMILES string of the molecule is CCONC(=O)c1ccc(C#N)cc1Nc1ccc(C)cc1F. The van der Waals surface area contributed by atoms with Crippen LogP contribution in [0.3, 0.4) is 0 Å². The average Bonchev–Trinajstić information content (AvgIpc) is 2.55. The molecule has 0 aliphatic heterocycles. The number of hydroxylamine groups is 1. The van der Waals surface area contributed by atoms with E-state index in [9.17, 15) is 9.18 Å². The molecule has 0 aromatic heterocycles. The highest BCUT2D eigenvalue weighted by Gasteiger charge is 2.14. The largest absolute Gasteiger partial charge is 0.352 e. The first kappa shape index (κ1) is 16.5. The van der Waals surface area contributed by atoms with Crippen molar-refractivity contribution in [3.05, 3.63) is 58.9 Å². The molecule has 0 unspecified atom stereocenters. The van der Waals surface area contributed by atoms with Gasteiger partial charge in [-0.2, -0.15) is 5.26 Å². The summed E-state index contributed by atoms with van der Waals surface area (Å²) < 4.78 is 14.0. The summed E-state index contributed by atoms with van der Waals surface area (Å²) in [5, 5.41) is 11.9. The first-order valence-corrected chi connectivity index (χ1v) is 7.04. The van der Waals surface area contributed by atoms with Gasteiger partial charge in [0.05, 0.1) is 35.2 Å². The number of nitrogens with one attached hydrogen (secondary N) is 2. The summed E-state index contributed by atoms with van der Waals surface area (Å²) in [6.45, 7) is 3.83. The molecule has 0 aliphatic carbocycles. The van der Waals surface area contributed by atoms with Crippen molar-refractivity contribution in [3.63, 3.8) is 0 Å². The number of carbonyl (C=O) groups excluding carboxylic acids is 1. The van der Waals surface area contributed by atoms with E-state index in [2.05, 4.69) is 10.8 Å². The van der Waals surface area contributed by atoms with Crippen LogP contribution in [0.15, 0.2) is 36.4 Å². The molecule has 6 heteroatoms. The maximum atomic E-state index is 14.0. The fraction of sp³-hybridized carbons (Fsp3) is 0.176. The molecule has 1 amide bonds. The molecule has 0 fully saturated rings. The smallest absolute Gasteiger partial charge is 0.276 e. The summed E-state index contributed by atoms with van der Waals surface area (Å²) in [5.41, 5.74) is 4.21. The molecule has 2 aromatic rings. The van der Waals surface area contributed by atoms with E-state index in [4.69, 9.17) is 10.1 Å². The number of amides is 1. The minimum absolute atomic E-state index is 0.219. The molecule has 0 atom stereocenters. The number of halogens is 1. The Labute approximate surface area is 133 Å². The number of hydrogen-bond donors (Lipinski definition) is 2. The van der Waals surface area contributed by atoms with Gasteiger partial charge in [0.2, 0.25) is 0 Å². The van der Waals surface area contributed by atoms with Crippen LogP contribution in [0.4, 0.5) is 15.8 Å². The molecule has 118 valence electrons. The van der Waals surface area contributed by atoms with E-state index >= 15 is 0 Å². The Hall–Kier alpha value is -2.91. The Bertz CT molecular complexity index is 769. The van der Waals surface area contributed by atoms with Crippen LogP contribution in [0.5, 0.6) is 0 Å². The molecule has 0 spiro atoms. The summed E-state index contributed by atoms with van der Waals surface area (Å²) in [6, 6.07) is 11.2. The number of nitriles is 1. The van der Waals surface area contributed by atoms with Crippen LogP contribution in [-0.4, -0.2) is 12.5 Å². The summed E-state index contributed by atoms with van der Waals surface area (Å²) in [6.07, 6.45) is 0. The Morgan fingerprint density at radius 1 is 1.26 bits per heavy atom. The Balaban J connectivity index is 2.38. The van der Waals surface area contributed by atoms with Crippen molar-refractivity contribution in [2.45, 2.75) is 13.8 Å². The van der Waals surface area contributed by atoms with Crippen molar-refractivity contribution in [1.29, 1.82) is 5.26 Å². The maximum Gasteiger partial charge on any atom is 0.276 e. The third-order valence-corrected chi connectivity index (χ3v) is 3.10. The second-order valence-electron chi connectivity index (χ2n) is 4.84. The quantitative estimate of drug-likeness (QED) is 0.829. The third-order valence-electron chi connectivity index (χ3n) is 3.10.